The second-order valence-corrected chi connectivity index (χ2v) is 4.65. The number of amides is 1. The molecular formula is C15H19N3O3. The van der Waals surface area contributed by atoms with E-state index < -0.39 is 0 Å². The van der Waals surface area contributed by atoms with Gasteiger partial charge in [-0.3, -0.25) is 9.89 Å². The summed E-state index contributed by atoms with van der Waals surface area (Å²) in [6.45, 7) is 2.78. The van der Waals surface area contributed by atoms with E-state index in [9.17, 15) is 4.79 Å². The van der Waals surface area contributed by atoms with Crippen LogP contribution in [0.5, 0.6) is 5.75 Å². The number of aromatic nitrogens is 2. The molecule has 0 fully saturated rings. The minimum atomic E-state index is -0.155. The Morgan fingerprint density at radius 1 is 1.33 bits per heavy atom. The molecule has 1 amide bonds. The van der Waals surface area contributed by atoms with Crippen LogP contribution in [0.1, 0.15) is 16.8 Å². The van der Waals surface area contributed by atoms with Gasteiger partial charge in [-0.2, -0.15) is 5.10 Å². The highest BCUT2D eigenvalue weighted by molar-refractivity contribution is 5.77. The molecule has 6 nitrogen and oxygen atoms in total. The Kier molecular flexibility index (Phi) is 5.34. The van der Waals surface area contributed by atoms with Crippen molar-refractivity contribution in [3.8, 4) is 5.75 Å². The minimum Gasteiger partial charge on any atom is -0.497 e. The normalized spacial score (nSPS) is 10.4. The molecule has 2 rings (SSSR count). The van der Waals surface area contributed by atoms with Gasteiger partial charge in [0, 0.05) is 0 Å². The number of benzene rings is 1. The van der Waals surface area contributed by atoms with Crippen LogP contribution in [0, 0.1) is 6.92 Å². The van der Waals surface area contributed by atoms with Gasteiger partial charge >= 0.3 is 0 Å². The van der Waals surface area contributed by atoms with E-state index >= 15 is 0 Å². The fourth-order valence-corrected chi connectivity index (χ4v) is 1.77. The van der Waals surface area contributed by atoms with E-state index in [1.807, 2.05) is 31.2 Å². The lowest BCUT2D eigenvalue weighted by atomic mass is 10.2. The Labute approximate surface area is 123 Å². The lowest BCUT2D eigenvalue weighted by molar-refractivity contribution is -0.126. The van der Waals surface area contributed by atoms with Crippen molar-refractivity contribution >= 4 is 5.91 Å². The van der Waals surface area contributed by atoms with E-state index in [0.717, 1.165) is 22.6 Å². The van der Waals surface area contributed by atoms with Gasteiger partial charge in [0.25, 0.3) is 0 Å². The molecule has 2 aromatic rings. The van der Waals surface area contributed by atoms with E-state index in [-0.39, 0.29) is 12.5 Å². The van der Waals surface area contributed by atoms with Gasteiger partial charge in [0.05, 0.1) is 32.2 Å². The summed E-state index contributed by atoms with van der Waals surface area (Å²) in [6, 6.07) is 7.54. The number of methoxy groups -OCH3 is 1. The number of aromatic amines is 1. The van der Waals surface area contributed by atoms with Gasteiger partial charge in [-0.15, -0.1) is 0 Å². The van der Waals surface area contributed by atoms with Crippen molar-refractivity contribution < 1.29 is 14.3 Å². The molecule has 1 aromatic heterocycles. The van der Waals surface area contributed by atoms with Gasteiger partial charge in [-0.05, 0) is 30.2 Å². The summed E-state index contributed by atoms with van der Waals surface area (Å²) in [5.74, 6) is 0.643. The molecule has 2 N–H and O–H groups in total. The average Bonchev–Trinajstić information content (AvgIpc) is 2.91. The molecule has 1 heterocycles. The van der Waals surface area contributed by atoms with Crippen LogP contribution >= 0.6 is 0 Å². The fraction of sp³-hybridized carbons (Fsp3) is 0.333. The molecule has 0 saturated heterocycles. The topological polar surface area (TPSA) is 76.2 Å². The third-order valence-corrected chi connectivity index (χ3v) is 3.06. The minimum absolute atomic E-state index is 0.0270. The molecule has 0 spiro atoms. The molecule has 0 unspecified atom stereocenters. The number of aryl methyl sites for hydroxylation is 1. The predicted molar refractivity (Wildman–Crippen MR) is 77.8 cm³/mol. The summed E-state index contributed by atoms with van der Waals surface area (Å²) in [7, 11) is 1.62. The van der Waals surface area contributed by atoms with Crippen LogP contribution in [0.15, 0.2) is 30.5 Å². The van der Waals surface area contributed by atoms with E-state index in [4.69, 9.17) is 9.47 Å². The van der Waals surface area contributed by atoms with Crippen molar-refractivity contribution in [3.63, 3.8) is 0 Å². The van der Waals surface area contributed by atoms with Gasteiger partial charge in [0.1, 0.15) is 12.4 Å². The van der Waals surface area contributed by atoms with Crippen molar-refractivity contribution in [3.05, 3.63) is 47.3 Å². The van der Waals surface area contributed by atoms with Crippen LogP contribution in [0.4, 0.5) is 0 Å². The van der Waals surface area contributed by atoms with Crippen LogP contribution in [0.25, 0.3) is 0 Å². The lowest BCUT2D eigenvalue weighted by Gasteiger charge is -2.07. The maximum absolute atomic E-state index is 11.6. The molecule has 0 aliphatic heterocycles. The van der Waals surface area contributed by atoms with Gasteiger partial charge < -0.3 is 14.8 Å². The van der Waals surface area contributed by atoms with Crippen LogP contribution in [-0.4, -0.2) is 29.8 Å². The molecule has 112 valence electrons. The van der Waals surface area contributed by atoms with Crippen LogP contribution < -0.4 is 10.1 Å². The number of carbonyl (C=O) groups is 1. The Morgan fingerprint density at radius 2 is 2.10 bits per heavy atom. The van der Waals surface area contributed by atoms with Gasteiger partial charge in [0.15, 0.2) is 0 Å². The van der Waals surface area contributed by atoms with Crippen molar-refractivity contribution in [2.45, 2.75) is 20.1 Å². The summed E-state index contributed by atoms with van der Waals surface area (Å²) in [5.41, 5.74) is 2.92. The maximum atomic E-state index is 11.6. The Morgan fingerprint density at radius 3 is 2.71 bits per heavy atom. The number of carbonyl (C=O) groups excluding carboxylic acids is 1. The SMILES string of the molecule is COc1ccc(COCC(=O)NCc2[nH]ncc2C)cc1. The number of nitrogens with zero attached hydrogens (tertiary/aromatic N) is 1. The fourth-order valence-electron chi connectivity index (χ4n) is 1.77. The number of hydrogen-bond acceptors (Lipinski definition) is 4. The van der Waals surface area contributed by atoms with E-state index in [1.54, 1.807) is 13.3 Å². The first kappa shape index (κ1) is 15.1. The predicted octanol–water partition coefficient (Wildman–Crippen LogP) is 1.56. The first-order valence-electron chi connectivity index (χ1n) is 6.65. The summed E-state index contributed by atoms with van der Waals surface area (Å²) >= 11 is 0. The molecule has 1 aromatic carbocycles. The average molecular weight is 289 g/mol. The van der Waals surface area contributed by atoms with Gasteiger partial charge in [-0.1, -0.05) is 12.1 Å². The second-order valence-electron chi connectivity index (χ2n) is 4.65. The second kappa shape index (κ2) is 7.44. The summed E-state index contributed by atoms with van der Waals surface area (Å²) in [5, 5.41) is 9.51. The van der Waals surface area contributed by atoms with Crippen molar-refractivity contribution in [2.24, 2.45) is 0 Å². The quantitative estimate of drug-likeness (QED) is 0.811. The Hall–Kier alpha value is -2.34. The molecule has 6 heteroatoms. The van der Waals surface area contributed by atoms with Crippen LogP contribution in [0.3, 0.4) is 0 Å². The van der Waals surface area contributed by atoms with E-state index in [0.29, 0.717) is 13.2 Å². The first-order valence-corrected chi connectivity index (χ1v) is 6.65. The smallest absolute Gasteiger partial charge is 0.246 e. The van der Waals surface area contributed by atoms with Gasteiger partial charge in [0.2, 0.25) is 5.91 Å². The van der Waals surface area contributed by atoms with Gasteiger partial charge in [-0.25, -0.2) is 0 Å². The highest BCUT2D eigenvalue weighted by atomic mass is 16.5. The number of nitrogens with one attached hydrogen (secondary N) is 2. The van der Waals surface area contributed by atoms with Crippen molar-refractivity contribution in [2.75, 3.05) is 13.7 Å². The zero-order chi connectivity index (χ0) is 15.1. The Balaban J connectivity index is 1.68. The summed E-state index contributed by atoms with van der Waals surface area (Å²) in [4.78, 5) is 11.6. The summed E-state index contributed by atoms with van der Waals surface area (Å²) in [6.07, 6.45) is 1.72. The lowest BCUT2D eigenvalue weighted by Crippen LogP contribution is -2.27. The number of hydrogen-bond donors (Lipinski definition) is 2. The molecule has 0 atom stereocenters. The number of H-pyrrole nitrogens is 1. The molecule has 0 aliphatic carbocycles. The van der Waals surface area contributed by atoms with Crippen LogP contribution in [0.2, 0.25) is 0 Å². The maximum Gasteiger partial charge on any atom is 0.246 e. The monoisotopic (exact) mass is 289 g/mol. The molecule has 0 aliphatic rings. The standard InChI is InChI=1S/C15H19N3O3/c1-11-7-17-18-14(11)8-16-15(19)10-21-9-12-3-5-13(20-2)6-4-12/h3-7H,8-10H2,1-2H3,(H,16,19)(H,17,18). The van der Waals surface area contributed by atoms with Crippen LogP contribution in [-0.2, 0) is 22.7 Å². The third-order valence-electron chi connectivity index (χ3n) is 3.06. The third kappa shape index (κ3) is 4.61. The zero-order valence-corrected chi connectivity index (χ0v) is 12.2. The number of rotatable bonds is 7. The highest BCUT2D eigenvalue weighted by Gasteiger charge is 2.05. The number of ether oxygens (including phenoxy) is 2. The molecule has 0 radical (unpaired) electrons. The van der Waals surface area contributed by atoms with Crippen molar-refractivity contribution in [1.29, 1.82) is 0 Å². The van der Waals surface area contributed by atoms with E-state index in [1.165, 1.54) is 0 Å². The highest BCUT2D eigenvalue weighted by Crippen LogP contribution is 2.11. The Bertz CT molecular complexity index is 578. The first-order chi connectivity index (χ1) is 10.2. The van der Waals surface area contributed by atoms with Crippen molar-refractivity contribution in [1.82, 2.24) is 15.5 Å². The zero-order valence-electron chi connectivity index (χ0n) is 12.2. The van der Waals surface area contributed by atoms with E-state index in [2.05, 4.69) is 15.5 Å². The molecule has 0 bridgehead atoms. The largest absolute Gasteiger partial charge is 0.497 e. The molecule has 21 heavy (non-hydrogen) atoms. The molecule has 0 saturated carbocycles. The molecular weight excluding hydrogens is 270 g/mol. The summed E-state index contributed by atoms with van der Waals surface area (Å²) < 4.78 is 10.5.